The van der Waals surface area contributed by atoms with Gasteiger partial charge >= 0.3 is 5.97 Å². The third-order valence-electron chi connectivity index (χ3n) is 4.10. The predicted octanol–water partition coefficient (Wildman–Crippen LogP) is 2.20. The first kappa shape index (κ1) is 18.8. The summed E-state index contributed by atoms with van der Waals surface area (Å²) in [6.07, 6.45) is 0.485. The molecule has 1 atom stereocenters. The Hall–Kier alpha value is -2.24. The molecule has 0 aliphatic heterocycles. The van der Waals surface area contributed by atoms with Crippen LogP contribution < -0.4 is 9.47 Å². The molecule has 0 bridgehead atoms. The molecule has 1 N–H and O–H groups in total. The van der Waals surface area contributed by atoms with Crippen molar-refractivity contribution < 1.29 is 24.2 Å². The normalized spacial score (nSPS) is 12.4. The van der Waals surface area contributed by atoms with Gasteiger partial charge in [-0.3, -0.25) is 4.79 Å². The second-order valence-electron chi connectivity index (χ2n) is 6.06. The van der Waals surface area contributed by atoms with Gasteiger partial charge in [-0.1, -0.05) is 13.0 Å². The molecule has 1 aromatic carbocycles. The second-order valence-corrected chi connectivity index (χ2v) is 6.06. The Bertz CT molecular complexity index is 582. The van der Waals surface area contributed by atoms with Gasteiger partial charge in [-0.15, -0.1) is 0 Å². The zero-order valence-corrected chi connectivity index (χ0v) is 14.5. The number of methoxy groups -OCH3 is 2. The van der Waals surface area contributed by atoms with E-state index in [2.05, 4.69) is 0 Å². The Morgan fingerprint density at radius 2 is 1.78 bits per heavy atom. The summed E-state index contributed by atoms with van der Waals surface area (Å²) >= 11 is 0. The number of carboxylic acid groups (broad SMARTS) is 1. The van der Waals surface area contributed by atoms with E-state index in [0.29, 0.717) is 17.9 Å². The number of amides is 1. The van der Waals surface area contributed by atoms with Crippen molar-refractivity contribution in [3.8, 4) is 11.5 Å². The molecule has 0 fully saturated rings. The van der Waals surface area contributed by atoms with Gasteiger partial charge in [0.15, 0.2) is 11.5 Å². The number of nitrogens with zero attached hydrogens (tertiary/aromatic N) is 1. The number of ether oxygens (including phenoxy) is 2. The minimum atomic E-state index is -1.25. The molecule has 0 aliphatic rings. The molecule has 0 aliphatic carbocycles. The Morgan fingerprint density at radius 3 is 2.26 bits per heavy atom. The van der Waals surface area contributed by atoms with E-state index in [-0.39, 0.29) is 11.8 Å². The van der Waals surface area contributed by atoms with Crippen molar-refractivity contribution >= 4 is 11.9 Å². The maximum atomic E-state index is 12.5. The van der Waals surface area contributed by atoms with Crippen LogP contribution in [0, 0.1) is 5.92 Å². The molecule has 128 valence electrons. The summed E-state index contributed by atoms with van der Waals surface area (Å²) in [5.74, 6) is -0.376. The van der Waals surface area contributed by atoms with Crippen LogP contribution in [0.2, 0.25) is 0 Å². The van der Waals surface area contributed by atoms with Crippen LogP contribution in [0.4, 0.5) is 0 Å². The molecule has 1 unspecified atom stereocenters. The van der Waals surface area contributed by atoms with Crippen LogP contribution in [0.15, 0.2) is 18.2 Å². The number of hydrogen-bond donors (Lipinski definition) is 1. The number of likely N-dealkylation sites (N-methyl/N-ethyl adjacent to an activating group) is 1. The second kappa shape index (κ2) is 7.35. The number of benzene rings is 1. The fourth-order valence-electron chi connectivity index (χ4n) is 2.20. The first-order chi connectivity index (χ1) is 10.6. The highest BCUT2D eigenvalue weighted by Crippen LogP contribution is 2.29. The SMILES string of the molecule is COc1ccc(CC(C)C(=O)N(C)C(C)(C)C(=O)O)cc1OC. The van der Waals surface area contributed by atoms with Crippen LogP contribution in [0.1, 0.15) is 26.3 Å². The van der Waals surface area contributed by atoms with E-state index >= 15 is 0 Å². The van der Waals surface area contributed by atoms with Crippen LogP contribution in [-0.2, 0) is 16.0 Å². The van der Waals surface area contributed by atoms with E-state index in [1.165, 1.54) is 25.8 Å². The lowest BCUT2D eigenvalue weighted by Crippen LogP contribution is -2.52. The largest absolute Gasteiger partial charge is 0.493 e. The summed E-state index contributed by atoms with van der Waals surface area (Å²) in [5, 5.41) is 9.23. The number of hydrogen-bond acceptors (Lipinski definition) is 4. The average Bonchev–Trinajstić information content (AvgIpc) is 2.52. The first-order valence-electron chi connectivity index (χ1n) is 7.37. The Morgan fingerprint density at radius 1 is 1.22 bits per heavy atom. The van der Waals surface area contributed by atoms with Crippen LogP contribution in [0.5, 0.6) is 11.5 Å². The highest BCUT2D eigenvalue weighted by atomic mass is 16.5. The number of carbonyl (C=O) groups is 2. The molecule has 0 heterocycles. The summed E-state index contributed by atoms with van der Waals surface area (Å²) in [4.78, 5) is 25.0. The molecular weight excluding hydrogens is 298 g/mol. The molecule has 6 nitrogen and oxygen atoms in total. The van der Waals surface area contributed by atoms with Crippen molar-refractivity contribution in [1.29, 1.82) is 0 Å². The highest BCUT2D eigenvalue weighted by molar-refractivity contribution is 5.87. The number of rotatable bonds is 7. The quantitative estimate of drug-likeness (QED) is 0.832. The van der Waals surface area contributed by atoms with Gasteiger partial charge in [0.05, 0.1) is 14.2 Å². The number of carbonyl (C=O) groups excluding carboxylic acids is 1. The van der Waals surface area contributed by atoms with E-state index in [4.69, 9.17) is 9.47 Å². The lowest BCUT2D eigenvalue weighted by Gasteiger charge is -2.33. The molecular formula is C17H25NO5. The van der Waals surface area contributed by atoms with Gasteiger partial charge in [0, 0.05) is 13.0 Å². The van der Waals surface area contributed by atoms with E-state index in [9.17, 15) is 14.7 Å². The summed E-state index contributed by atoms with van der Waals surface area (Å²) < 4.78 is 10.4. The van der Waals surface area contributed by atoms with Crippen molar-refractivity contribution in [3.05, 3.63) is 23.8 Å². The van der Waals surface area contributed by atoms with Crippen LogP contribution >= 0.6 is 0 Å². The molecule has 1 amide bonds. The summed E-state index contributed by atoms with van der Waals surface area (Å²) in [7, 11) is 4.63. The minimum Gasteiger partial charge on any atom is -0.493 e. The van der Waals surface area contributed by atoms with Gasteiger partial charge < -0.3 is 19.5 Å². The van der Waals surface area contributed by atoms with Crippen LogP contribution in [-0.4, -0.2) is 48.7 Å². The molecule has 1 aromatic rings. The number of aliphatic carboxylic acids is 1. The van der Waals surface area contributed by atoms with Crippen molar-refractivity contribution in [2.45, 2.75) is 32.7 Å². The summed E-state index contributed by atoms with van der Waals surface area (Å²) in [6.45, 7) is 4.81. The molecule has 6 heteroatoms. The zero-order chi connectivity index (χ0) is 17.8. The maximum Gasteiger partial charge on any atom is 0.329 e. The van der Waals surface area contributed by atoms with Crippen molar-refractivity contribution in [3.63, 3.8) is 0 Å². The van der Waals surface area contributed by atoms with E-state index in [1.54, 1.807) is 27.2 Å². The fraction of sp³-hybridized carbons (Fsp3) is 0.529. The van der Waals surface area contributed by atoms with E-state index in [0.717, 1.165) is 5.56 Å². The zero-order valence-electron chi connectivity index (χ0n) is 14.5. The van der Waals surface area contributed by atoms with Gasteiger partial charge in [0.2, 0.25) is 5.91 Å². The third-order valence-corrected chi connectivity index (χ3v) is 4.10. The van der Waals surface area contributed by atoms with E-state index in [1.807, 2.05) is 12.1 Å². The highest BCUT2D eigenvalue weighted by Gasteiger charge is 2.36. The Balaban J connectivity index is 2.89. The Labute approximate surface area is 137 Å². The monoisotopic (exact) mass is 323 g/mol. The minimum absolute atomic E-state index is 0.216. The topological polar surface area (TPSA) is 76.1 Å². The van der Waals surface area contributed by atoms with Gasteiger partial charge in [-0.05, 0) is 38.0 Å². The average molecular weight is 323 g/mol. The smallest absolute Gasteiger partial charge is 0.329 e. The van der Waals surface area contributed by atoms with E-state index < -0.39 is 11.5 Å². The number of carboxylic acids is 1. The van der Waals surface area contributed by atoms with Crippen LogP contribution in [0.3, 0.4) is 0 Å². The van der Waals surface area contributed by atoms with Crippen LogP contribution in [0.25, 0.3) is 0 Å². The molecule has 0 aromatic heterocycles. The summed E-state index contributed by atoms with van der Waals surface area (Å²) in [5.41, 5.74) is -0.326. The first-order valence-corrected chi connectivity index (χ1v) is 7.37. The molecule has 1 rings (SSSR count). The molecule has 0 radical (unpaired) electrons. The molecule has 0 saturated heterocycles. The molecule has 23 heavy (non-hydrogen) atoms. The fourth-order valence-corrected chi connectivity index (χ4v) is 2.20. The van der Waals surface area contributed by atoms with Gasteiger partial charge in [-0.25, -0.2) is 4.79 Å². The molecule has 0 saturated carbocycles. The predicted molar refractivity (Wildman–Crippen MR) is 86.9 cm³/mol. The third kappa shape index (κ3) is 4.15. The Kier molecular flexibility index (Phi) is 6.01. The lowest BCUT2D eigenvalue weighted by molar-refractivity contribution is -0.156. The standard InChI is InChI=1S/C17H25NO5/c1-11(15(19)18(4)17(2,3)16(20)21)9-12-7-8-13(22-5)14(10-12)23-6/h7-8,10-11H,9H2,1-6H3,(H,20,21). The lowest BCUT2D eigenvalue weighted by atomic mass is 9.96. The maximum absolute atomic E-state index is 12.5. The summed E-state index contributed by atoms with van der Waals surface area (Å²) in [6, 6.07) is 5.48. The van der Waals surface area contributed by atoms with Gasteiger partial charge in [0.1, 0.15) is 5.54 Å². The van der Waals surface area contributed by atoms with Crippen molar-refractivity contribution in [1.82, 2.24) is 4.90 Å². The molecule has 0 spiro atoms. The van der Waals surface area contributed by atoms with Crippen molar-refractivity contribution in [2.24, 2.45) is 5.92 Å². The van der Waals surface area contributed by atoms with Crippen molar-refractivity contribution in [2.75, 3.05) is 21.3 Å². The van der Waals surface area contributed by atoms with Gasteiger partial charge in [-0.2, -0.15) is 0 Å². The van der Waals surface area contributed by atoms with Gasteiger partial charge in [0.25, 0.3) is 0 Å².